The van der Waals surface area contributed by atoms with E-state index in [4.69, 9.17) is 9.47 Å². The lowest BCUT2D eigenvalue weighted by Crippen LogP contribution is -2.41. The van der Waals surface area contributed by atoms with Gasteiger partial charge in [-0.1, -0.05) is 0 Å². The van der Waals surface area contributed by atoms with Crippen molar-refractivity contribution in [3.05, 3.63) is 28.3 Å². The minimum atomic E-state index is -1.14. The van der Waals surface area contributed by atoms with Gasteiger partial charge < -0.3 is 20.1 Å². The number of amides is 4. The van der Waals surface area contributed by atoms with Crippen molar-refractivity contribution >= 4 is 35.2 Å². The van der Waals surface area contributed by atoms with E-state index in [1.54, 1.807) is 0 Å². The van der Waals surface area contributed by atoms with Gasteiger partial charge in [0.25, 0.3) is 17.5 Å². The van der Waals surface area contributed by atoms with E-state index in [1.165, 1.54) is 33.1 Å². The Morgan fingerprint density at radius 3 is 2.54 bits per heavy atom. The number of nitro groups is 1. The molecule has 1 aromatic rings. The van der Waals surface area contributed by atoms with Gasteiger partial charge in [0.2, 0.25) is 0 Å². The summed E-state index contributed by atoms with van der Waals surface area (Å²) < 4.78 is 9.62. The van der Waals surface area contributed by atoms with E-state index in [-0.39, 0.29) is 11.4 Å². The largest absolute Gasteiger partial charge is 0.496 e. The highest BCUT2D eigenvalue weighted by molar-refractivity contribution is 6.08. The molecule has 0 bridgehead atoms. The van der Waals surface area contributed by atoms with Gasteiger partial charge in [-0.25, -0.2) is 4.79 Å². The molecule has 1 fully saturated rings. The quantitative estimate of drug-likeness (QED) is 0.291. The molecule has 0 aromatic heterocycles. The first kappa shape index (κ1) is 20.6. The van der Waals surface area contributed by atoms with Gasteiger partial charge >= 0.3 is 12.0 Å². The Kier molecular flexibility index (Phi) is 5.81. The third-order valence-electron chi connectivity index (χ3n) is 3.77. The highest BCUT2D eigenvalue weighted by Gasteiger charge is 2.45. The number of carbonyl (C=O) groups excluding carboxylic acids is 4. The molecular weight excluding hydrogens is 376 g/mol. The van der Waals surface area contributed by atoms with Crippen molar-refractivity contribution in [2.45, 2.75) is 19.4 Å². The molecule has 0 unspecified atom stereocenters. The van der Waals surface area contributed by atoms with Crippen LogP contribution in [0.4, 0.5) is 16.2 Å². The lowest BCUT2D eigenvalue weighted by molar-refractivity contribution is -0.384. The molecule has 0 atom stereocenters. The summed E-state index contributed by atoms with van der Waals surface area (Å²) in [5.74, 6) is -2.19. The van der Waals surface area contributed by atoms with Crippen LogP contribution in [0.25, 0.3) is 0 Å². The first-order valence-electron chi connectivity index (χ1n) is 7.97. The van der Waals surface area contributed by atoms with E-state index < -0.39 is 53.1 Å². The van der Waals surface area contributed by atoms with E-state index in [9.17, 15) is 29.3 Å². The smallest absolute Gasteiger partial charge is 0.326 e. The number of nitrogens with zero attached hydrogens (tertiary/aromatic N) is 2. The molecule has 1 aromatic carbocycles. The molecule has 28 heavy (non-hydrogen) atoms. The van der Waals surface area contributed by atoms with Crippen LogP contribution < -0.4 is 15.4 Å². The predicted octanol–water partition coefficient (Wildman–Crippen LogP) is 0.416. The highest BCUT2D eigenvalue weighted by atomic mass is 16.6. The predicted molar refractivity (Wildman–Crippen MR) is 93.6 cm³/mol. The molecule has 2 rings (SSSR count). The number of carbonyl (C=O) groups is 4. The summed E-state index contributed by atoms with van der Waals surface area (Å²) in [6.07, 6.45) is 0. The third kappa shape index (κ3) is 4.52. The van der Waals surface area contributed by atoms with Gasteiger partial charge in [0.15, 0.2) is 6.61 Å². The fourth-order valence-electron chi connectivity index (χ4n) is 2.36. The van der Waals surface area contributed by atoms with Gasteiger partial charge in [0.1, 0.15) is 23.5 Å². The zero-order valence-electron chi connectivity index (χ0n) is 15.3. The molecule has 0 radical (unpaired) electrons. The second-order valence-corrected chi connectivity index (χ2v) is 6.30. The molecule has 1 aliphatic rings. The second-order valence-electron chi connectivity index (χ2n) is 6.30. The van der Waals surface area contributed by atoms with Crippen LogP contribution in [-0.4, -0.2) is 59.4 Å². The number of hydrogen-bond donors (Lipinski definition) is 2. The van der Waals surface area contributed by atoms with Crippen LogP contribution in [0.1, 0.15) is 13.8 Å². The fraction of sp³-hybridized carbons (Fsp3) is 0.375. The fourth-order valence-corrected chi connectivity index (χ4v) is 2.36. The summed E-state index contributed by atoms with van der Waals surface area (Å²) in [7, 11) is 1.34. The van der Waals surface area contributed by atoms with Crippen molar-refractivity contribution < 1.29 is 33.6 Å². The van der Waals surface area contributed by atoms with Crippen molar-refractivity contribution in [1.29, 1.82) is 0 Å². The van der Waals surface area contributed by atoms with Gasteiger partial charge in [-0.05, 0) is 26.0 Å². The van der Waals surface area contributed by atoms with Crippen molar-refractivity contribution in [2.24, 2.45) is 0 Å². The molecule has 1 heterocycles. The molecule has 0 saturated carbocycles. The monoisotopic (exact) mass is 394 g/mol. The van der Waals surface area contributed by atoms with Gasteiger partial charge in [-0.3, -0.25) is 29.4 Å². The van der Waals surface area contributed by atoms with Crippen LogP contribution in [0.5, 0.6) is 5.75 Å². The zero-order valence-corrected chi connectivity index (χ0v) is 15.3. The molecule has 4 amide bonds. The Bertz CT molecular complexity index is 851. The third-order valence-corrected chi connectivity index (χ3v) is 3.77. The highest BCUT2D eigenvalue weighted by Crippen LogP contribution is 2.28. The Balaban J connectivity index is 1.93. The van der Waals surface area contributed by atoms with Crippen molar-refractivity contribution in [3.63, 3.8) is 0 Å². The minimum absolute atomic E-state index is 0.109. The molecule has 1 saturated heterocycles. The van der Waals surface area contributed by atoms with E-state index in [0.29, 0.717) is 4.90 Å². The van der Waals surface area contributed by atoms with Crippen LogP contribution in [0.15, 0.2) is 18.2 Å². The number of ether oxygens (including phenoxy) is 2. The van der Waals surface area contributed by atoms with Crippen LogP contribution in [0, 0.1) is 10.1 Å². The van der Waals surface area contributed by atoms with Gasteiger partial charge in [-0.15, -0.1) is 0 Å². The molecule has 0 spiro atoms. The normalized spacial score (nSPS) is 15.0. The molecule has 1 aliphatic heterocycles. The Hall–Kier alpha value is -3.70. The van der Waals surface area contributed by atoms with E-state index in [1.807, 2.05) is 0 Å². The molecular formula is C16H18N4O8. The number of nitrogens with one attached hydrogen (secondary N) is 2. The van der Waals surface area contributed by atoms with E-state index in [2.05, 4.69) is 10.6 Å². The number of hydrogen-bond acceptors (Lipinski definition) is 8. The maximum Gasteiger partial charge on any atom is 0.326 e. The molecule has 12 heteroatoms. The molecule has 12 nitrogen and oxygen atoms in total. The van der Waals surface area contributed by atoms with Crippen LogP contribution >= 0.6 is 0 Å². The van der Waals surface area contributed by atoms with Crippen LogP contribution in [-0.2, 0) is 19.1 Å². The van der Waals surface area contributed by atoms with Crippen molar-refractivity contribution in [3.8, 4) is 5.75 Å². The van der Waals surface area contributed by atoms with Crippen LogP contribution in [0.2, 0.25) is 0 Å². The van der Waals surface area contributed by atoms with E-state index in [0.717, 1.165) is 6.07 Å². The van der Waals surface area contributed by atoms with Gasteiger partial charge in [0.05, 0.1) is 18.1 Å². The summed E-state index contributed by atoms with van der Waals surface area (Å²) in [5.41, 5.74) is -1.65. The molecule has 150 valence electrons. The zero-order chi connectivity index (χ0) is 21.1. The number of esters is 1. The number of benzene rings is 1. The Morgan fingerprint density at radius 1 is 1.32 bits per heavy atom. The Morgan fingerprint density at radius 2 is 2.00 bits per heavy atom. The number of nitro benzene ring substituents is 1. The molecule has 2 N–H and O–H groups in total. The first-order chi connectivity index (χ1) is 13.0. The molecule has 0 aliphatic carbocycles. The standard InChI is InChI=1S/C16H18N4O8/c1-16(2)14(23)19(15(24)18-16)7-13(22)28-8-12(21)17-10-5-4-9(27-3)6-11(10)20(25)26/h4-6H,7-8H2,1-3H3,(H,17,21)(H,18,24). The summed E-state index contributed by atoms with van der Waals surface area (Å²) in [5, 5.41) is 15.7. The summed E-state index contributed by atoms with van der Waals surface area (Å²) in [4.78, 5) is 58.5. The van der Waals surface area contributed by atoms with Crippen molar-refractivity contribution in [1.82, 2.24) is 10.2 Å². The van der Waals surface area contributed by atoms with Gasteiger partial charge in [-0.2, -0.15) is 0 Å². The van der Waals surface area contributed by atoms with Gasteiger partial charge in [0, 0.05) is 0 Å². The Labute approximate surface area is 158 Å². The second kappa shape index (κ2) is 7.90. The average molecular weight is 394 g/mol. The van der Waals surface area contributed by atoms with E-state index >= 15 is 0 Å². The SMILES string of the molecule is COc1ccc(NC(=O)COC(=O)CN2C(=O)NC(C)(C)C2=O)c([N+](=O)[O-])c1. The van der Waals surface area contributed by atoms with Crippen LogP contribution in [0.3, 0.4) is 0 Å². The first-order valence-corrected chi connectivity index (χ1v) is 7.97. The number of imide groups is 1. The number of urea groups is 1. The number of anilines is 1. The number of methoxy groups -OCH3 is 1. The lowest BCUT2D eigenvalue weighted by Gasteiger charge is -2.15. The summed E-state index contributed by atoms with van der Waals surface area (Å²) in [6.45, 7) is 1.54. The number of rotatable bonds is 7. The summed E-state index contributed by atoms with van der Waals surface area (Å²) >= 11 is 0. The lowest BCUT2D eigenvalue weighted by atomic mass is 10.1. The maximum absolute atomic E-state index is 12.0. The average Bonchev–Trinajstić information content (AvgIpc) is 2.81. The minimum Gasteiger partial charge on any atom is -0.496 e. The summed E-state index contributed by atoms with van der Waals surface area (Å²) in [6, 6.07) is 3.06. The maximum atomic E-state index is 12.0. The topological polar surface area (TPSA) is 157 Å². The van der Waals surface area contributed by atoms with Crippen molar-refractivity contribution in [2.75, 3.05) is 25.6 Å².